The average Bonchev–Trinajstić information content (AvgIpc) is 2.36. The molecule has 0 atom stereocenters. The lowest BCUT2D eigenvalue weighted by Crippen LogP contribution is -2.32. The number of pyridine rings is 1. The summed E-state index contributed by atoms with van der Waals surface area (Å²) in [5, 5.41) is 2.64. The van der Waals surface area contributed by atoms with Crippen molar-refractivity contribution in [1.82, 2.24) is 10.3 Å². The maximum absolute atomic E-state index is 11.4. The van der Waals surface area contributed by atoms with Crippen LogP contribution in [0.1, 0.15) is 32.8 Å². The summed E-state index contributed by atoms with van der Waals surface area (Å²) in [5.41, 5.74) is 0.242. The number of amides is 1. The second-order valence-electron chi connectivity index (χ2n) is 5.06. The highest BCUT2D eigenvalue weighted by molar-refractivity contribution is 5.67. The normalized spacial score (nSPS) is 10.2. The number of nitrogens with zero attached hydrogens (tertiary/aromatic N) is 1. The van der Waals surface area contributed by atoms with Gasteiger partial charge in [-0.25, -0.2) is 4.79 Å². The number of carbonyl (C=O) groups excluding carboxylic acids is 1. The van der Waals surface area contributed by atoms with Gasteiger partial charge in [-0.05, 0) is 26.8 Å². The number of methoxy groups -OCH3 is 1. The van der Waals surface area contributed by atoms with Crippen LogP contribution < -0.4 is 10.1 Å². The van der Waals surface area contributed by atoms with E-state index in [-0.39, 0.29) is 0 Å². The summed E-state index contributed by atoms with van der Waals surface area (Å²) in [6.45, 7) is 5.90. The van der Waals surface area contributed by atoms with Crippen LogP contribution in [-0.4, -0.2) is 30.3 Å². The quantitative estimate of drug-likeness (QED) is 0.680. The second kappa shape index (κ2) is 7.39. The molecule has 0 spiro atoms. The van der Waals surface area contributed by atoms with Crippen LogP contribution in [-0.2, 0) is 4.74 Å². The van der Waals surface area contributed by atoms with Crippen molar-refractivity contribution in [2.24, 2.45) is 0 Å². The number of aromatic nitrogens is 1. The molecule has 1 N–H and O–H groups in total. The van der Waals surface area contributed by atoms with Crippen molar-refractivity contribution in [2.45, 2.75) is 32.8 Å². The minimum absolute atomic E-state index is 0.432. The Labute approximate surface area is 119 Å². The molecule has 108 valence electrons. The molecule has 0 saturated carbocycles. The van der Waals surface area contributed by atoms with Gasteiger partial charge in [0.05, 0.1) is 12.7 Å². The van der Waals surface area contributed by atoms with E-state index in [1.165, 1.54) is 0 Å². The maximum atomic E-state index is 11.4. The largest absolute Gasteiger partial charge is 0.495 e. The van der Waals surface area contributed by atoms with Crippen molar-refractivity contribution in [1.29, 1.82) is 0 Å². The van der Waals surface area contributed by atoms with Crippen LogP contribution in [0.2, 0.25) is 0 Å². The molecule has 5 nitrogen and oxygen atoms in total. The van der Waals surface area contributed by atoms with Gasteiger partial charge in [-0.3, -0.25) is 4.98 Å². The highest BCUT2D eigenvalue weighted by Gasteiger charge is 2.15. The summed E-state index contributed by atoms with van der Waals surface area (Å²) in [6.07, 6.45) is 3.39. The molecule has 0 fully saturated rings. The van der Waals surface area contributed by atoms with E-state index < -0.39 is 11.7 Å². The van der Waals surface area contributed by atoms with Crippen LogP contribution >= 0.6 is 0 Å². The van der Waals surface area contributed by atoms with Crippen molar-refractivity contribution in [3.63, 3.8) is 0 Å². The first kappa shape index (κ1) is 15.8. The Kier molecular flexibility index (Phi) is 5.85. The van der Waals surface area contributed by atoms with Gasteiger partial charge in [-0.1, -0.05) is 11.8 Å². The molecule has 0 aliphatic rings. The third kappa shape index (κ3) is 6.10. The van der Waals surface area contributed by atoms with E-state index in [9.17, 15) is 4.79 Å². The van der Waals surface area contributed by atoms with Crippen LogP contribution in [0.15, 0.2) is 18.5 Å². The summed E-state index contributed by atoms with van der Waals surface area (Å²) in [7, 11) is 1.59. The lowest BCUT2D eigenvalue weighted by atomic mass is 10.2. The highest BCUT2D eigenvalue weighted by atomic mass is 16.6. The zero-order chi connectivity index (χ0) is 15.0. The van der Waals surface area contributed by atoms with Gasteiger partial charge in [0.25, 0.3) is 0 Å². The molecular formula is C15H20N2O3. The number of alkyl carbamates (subject to hydrolysis) is 1. The molecule has 0 aliphatic heterocycles. The van der Waals surface area contributed by atoms with Crippen LogP contribution in [0.25, 0.3) is 0 Å². The van der Waals surface area contributed by atoms with Gasteiger partial charge < -0.3 is 14.8 Å². The zero-order valence-corrected chi connectivity index (χ0v) is 12.3. The SMILES string of the molecule is COc1ccncc1C#CCCNC(=O)OC(C)(C)C. The zero-order valence-electron chi connectivity index (χ0n) is 12.3. The molecule has 1 heterocycles. The molecule has 0 aromatic carbocycles. The van der Waals surface area contributed by atoms with Gasteiger partial charge >= 0.3 is 6.09 Å². The molecule has 20 heavy (non-hydrogen) atoms. The van der Waals surface area contributed by atoms with Gasteiger partial charge in [0.2, 0.25) is 0 Å². The standard InChI is InChI=1S/C15H20N2O3/c1-15(2,3)20-14(18)17-9-6-5-7-12-11-16-10-8-13(12)19-4/h8,10-11H,6,9H2,1-4H3,(H,17,18). The van der Waals surface area contributed by atoms with Crippen molar-refractivity contribution < 1.29 is 14.3 Å². The lowest BCUT2D eigenvalue weighted by molar-refractivity contribution is 0.0529. The number of nitrogens with one attached hydrogen (secondary N) is 1. The molecule has 1 rings (SSSR count). The molecule has 1 aromatic rings. The smallest absolute Gasteiger partial charge is 0.407 e. The van der Waals surface area contributed by atoms with E-state index >= 15 is 0 Å². The number of ether oxygens (including phenoxy) is 2. The van der Waals surface area contributed by atoms with Crippen molar-refractivity contribution in [2.75, 3.05) is 13.7 Å². The van der Waals surface area contributed by atoms with E-state index in [4.69, 9.17) is 9.47 Å². The van der Waals surface area contributed by atoms with E-state index in [2.05, 4.69) is 22.1 Å². The van der Waals surface area contributed by atoms with Crippen LogP contribution in [0.3, 0.4) is 0 Å². The highest BCUT2D eigenvalue weighted by Crippen LogP contribution is 2.13. The Bertz CT molecular complexity index is 510. The fourth-order valence-corrected chi connectivity index (χ4v) is 1.35. The molecule has 1 aromatic heterocycles. The van der Waals surface area contributed by atoms with Gasteiger partial charge in [-0.2, -0.15) is 0 Å². The van der Waals surface area contributed by atoms with Crippen LogP contribution in [0.5, 0.6) is 5.75 Å². The lowest BCUT2D eigenvalue weighted by Gasteiger charge is -2.19. The average molecular weight is 276 g/mol. The summed E-state index contributed by atoms with van der Waals surface area (Å²) in [6, 6.07) is 1.75. The fraction of sp³-hybridized carbons (Fsp3) is 0.467. The molecule has 5 heteroatoms. The van der Waals surface area contributed by atoms with E-state index in [0.29, 0.717) is 18.7 Å². The molecule has 1 amide bonds. The van der Waals surface area contributed by atoms with Crippen molar-refractivity contribution >= 4 is 6.09 Å². The Balaban J connectivity index is 2.39. The Morgan fingerprint density at radius 2 is 2.20 bits per heavy atom. The van der Waals surface area contributed by atoms with E-state index in [1.807, 2.05) is 20.8 Å². The monoisotopic (exact) mass is 276 g/mol. The summed E-state index contributed by atoms with van der Waals surface area (Å²) >= 11 is 0. The minimum atomic E-state index is -0.487. The third-order valence-corrected chi connectivity index (χ3v) is 2.14. The fourth-order valence-electron chi connectivity index (χ4n) is 1.35. The molecule has 0 saturated heterocycles. The van der Waals surface area contributed by atoms with Gasteiger partial charge in [0.1, 0.15) is 11.4 Å². The molecular weight excluding hydrogens is 256 g/mol. The maximum Gasteiger partial charge on any atom is 0.407 e. The predicted molar refractivity (Wildman–Crippen MR) is 76.5 cm³/mol. The van der Waals surface area contributed by atoms with Gasteiger partial charge in [0.15, 0.2) is 0 Å². The van der Waals surface area contributed by atoms with E-state index in [1.54, 1.807) is 25.6 Å². The number of rotatable bonds is 3. The van der Waals surface area contributed by atoms with Gasteiger partial charge in [-0.15, -0.1) is 0 Å². The number of carbonyl (C=O) groups is 1. The third-order valence-electron chi connectivity index (χ3n) is 2.14. The second-order valence-corrected chi connectivity index (χ2v) is 5.06. The Morgan fingerprint density at radius 3 is 2.85 bits per heavy atom. The summed E-state index contributed by atoms with van der Waals surface area (Å²) < 4.78 is 10.3. The molecule has 0 bridgehead atoms. The number of hydrogen-bond donors (Lipinski definition) is 1. The Hall–Kier alpha value is -2.22. The van der Waals surface area contributed by atoms with Gasteiger partial charge in [0, 0.05) is 25.4 Å². The van der Waals surface area contributed by atoms with Crippen LogP contribution in [0.4, 0.5) is 4.79 Å². The first-order chi connectivity index (χ1) is 9.42. The summed E-state index contributed by atoms with van der Waals surface area (Å²) in [5.74, 6) is 6.60. The number of hydrogen-bond acceptors (Lipinski definition) is 4. The van der Waals surface area contributed by atoms with Crippen LogP contribution in [0, 0.1) is 11.8 Å². The first-order valence-electron chi connectivity index (χ1n) is 6.36. The van der Waals surface area contributed by atoms with Crippen molar-refractivity contribution in [3.8, 4) is 17.6 Å². The van der Waals surface area contributed by atoms with Crippen molar-refractivity contribution in [3.05, 3.63) is 24.0 Å². The predicted octanol–water partition coefficient (Wildman–Crippen LogP) is 2.36. The summed E-state index contributed by atoms with van der Waals surface area (Å²) in [4.78, 5) is 15.4. The Morgan fingerprint density at radius 1 is 1.45 bits per heavy atom. The minimum Gasteiger partial charge on any atom is -0.495 e. The molecule has 0 aliphatic carbocycles. The topological polar surface area (TPSA) is 60.5 Å². The molecule has 0 unspecified atom stereocenters. The molecule has 0 radical (unpaired) electrons. The first-order valence-corrected chi connectivity index (χ1v) is 6.36. The van der Waals surface area contributed by atoms with E-state index in [0.717, 1.165) is 5.56 Å².